The molecular weight excluding hydrogens is 415 g/mol. The maximum Gasteiger partial charge on any atom is 0.338 e. The molecule has 0 aliphatic carbocycles. The van der Waals surface area contributed by atoms with Crippen molar-refractivity contribution in [3.63, 3.8) is 0 Å². The molecule has 0 radical (unpaired) electrons. The molecule has 1 atom stereocenters. The first-order chi connectivity index (χ1) is 15.5. The lowest BCUT2D eigenvalue weighted by Gasteiger charge is -2.28. The zero-order chi connectivity index (χ0) is 22.8. The fourth-order valence-corrected chi connectivity index (χ4v) is 3.68. The van der Waals surface area contributed by atoms with Crippen LogP contribution in [0.5, 0.6) is 11.5 Å². The van der Waals surface area contributed by atoms with Crippen molar-refractivity contribution in [2.24, 2.45) is 0 Å². The number of carbonyl (C=O) groups excluding carboxylic acids is 1. The summed E-state index contributed by atoms with van der Waals surface area (Å²) in [4.78, 5) is 17.5. The molecule has 1 aliphatic heterocycles. The molecule has 0 saturated carbocycles. The quantitative estimate of drug-likeness (QED) is 0.583. The largest absolute Gasteiger partial charge is 0.493 e. The Morgan fingerprint density at radius 3 is 2.50 bits per heavy atom. The van der Waals surface area contributed by atoms with Crippen LogP contribution in [-0.2, 0) is 9.53 Å². The average molecular weight is 438 g/mol. The predicted molar refractivity (Wildman–Crippen MR) is 116 cm³/mol. The minimum absolute atomic E-state index is 0.235. The van der Waals surface area contributed by atoms with Gasteiger partial charge in [-0.1, -0.05) is 6.07 Å². The van der Waals surface area contributed by atoms with Gasteiger partial charge in [-0.25, -0.2) is 13.9 Å². The van der Waals surface area contributed by atoms with Crippen molar-refractivity contribution in [1.82, 2.24) is 14.8 Å². The zero-order valence-corrected chi connectivity index (χ0v) is 18.2. The third-order valence-corrected chi connectivity index (χ3v) is 5.17. The van der Waals surface area contributed by atoms with E-state index in [2.05, 4.69) is 15.4 Å². The lowest BCUT2D eigenvalue weighted by Crippen LogP contribution is -2.29. The molecular formula is C23H23FN4O4. The fourth-order valence-electron chi connectivity index (χ4n) is 3.68. The zero-order valence-electron chi connectivity index (χ0n) is 18.2. The molecule has 1 N–H and O–H groups in total. The van der Waals surface area contributed by atoms with E-state index in [0.29, 0.717) is 40.1 Å². The van der Waals surface area contributed by atoms with Gasteiger partial charge in [-0.15, -0.1) is 5.10 Å². The van der Waals surface area contributed by atoms with Crippen molar-refractivity contribution in [2.75, 3.05) is 26.1 Å². The van der Waals surface area contributed by atoms with Crippen molar-refractivity contribution < 1.29 is 23.4 Å². The first kappa shape index (κ1) is 21.4. The van der Waals surface area contributed by atoms with E-state index in [1.807, 2.05) is 6.07 Å². The summed E-state index contributed by atoms with van der Waals surface area (Å²) < 4.78 is 31.1. The number of halogens is 1. The Morgan fingerprint density at radius 1 is 1.12 bits per heavy atom. The molecule has 0 bridgehead atoms. The highest BCUT2D eigenvalue weighted by molar-refractivity contribution is 5.92. The number of ether oxygens (including phenoxy) is 3. The SMILES string of the molecule is CCOC(=O)C1=C(C)Nc2nc(-c3ccc(F)cc3)nn2C1c1ccc(OC)c(OC)c1. The van der Waals surface area contributed by atoms with Crippen molar-refractivity contribution in [1.29, 1.82) is 0 Å². The van der Waals surface area contributed by atoms with Crippen molar-refractivity contribution in [2.45, 2.75) is 19.9 Å². The number of methoxy groups -OCH3 is 2. The van der Waals surface area contributed by atoms with E-state index < -0.39 is 12.0 Å². The summed E-state index contributed by atoms with van der Waals surface area (Å²) in [5, 5.41) is 7.78. The van der Waals surface area contributed by atoms with Gasteiger partial charge < -0.3 is 19.5 Å². The number of fused-ring (bicyclic) bond motifs is 1. The number of allylic oxidation sites excluding steroid dienone is 1. The topological polar surface area (TPSA) is 87.5 Å². The third-order valence-electron chi connectivity index (χ3n) is 5.17. The number of hydrogen-bond donors (Lipinski definition) is 1. The van der Waals surface area contributed by atoms with Gasteiger partial charge in [-0.05, 0) is 55.8 Å². The minimum atomic E-state index is -0.619. The maximum absolute atomic E-state index is 13.4. The third kappa shape index (κ3) is 3.77. The molecule has 2 aromatic carbocycles. The number of nitrogens with one attached hydrogen (secondary N) is 1. The molecule has 0 spiro atoms. The molecule has 0 fully saturated rings. The van der Waals surface area contributed by atoms with E-state index in [4.69, 9.17) is 14.2 Å². The second-order valence-electron chi connectivity index (χ2n) is 7.11. The minimum Gasteiger partial charge on any atom is -0.493 e. The molecule has 9 heteroatoms. The molecule has 0 amide bonds. The highest BCUT2D eigenvalue weighted by atomic mass is 19.1. The number of rotatable bonds is 6. The second kappa shape index (κ2) is 8.70. The van der Waals surface area contributed by atoms with Crippen LogP contribution in [0.15, 0.2) is 53.7 Å². The molecule has 8 nitrogen and oxygen atoms in total. The van der Waals surface area contributed by atoms with Crippen LogP contribution in [0.4, 0.5) is 10.3 Å². The maximum atomic E-state index is 13.4. The van der Waals surface area contributed by atoms with Gasteiger partial charge in [0.1, 0.15) is 11.9 Å². The smallest absolute Gasteiger partial charge is 0.338 e. The highest BCUT2D eigenvalue weighted by Crippen LogP contribution is 2.39. The van der Waals surface area contributed by atoms with Gasteiger partial charge >= 0.3 is 5.97 Å². The predicted octanol–water partition coefficient (Wildman–Crippen LogP) is 3.95. The van der Waals surface area contributed by atoms with Gasteiger partial charge in [0, 0.05) is 11.3 Å². The van der Waals surface area contributed by atoms with E-state index in [0.717, 1.165) is 5.56 Å². The number of nitrogens with zero attached hydrogens (tertiary/aromatic N) is 3. The van der Waals surface area contributed by atoms with Gasteiger partial charge in [-0.3, -0.25) is 0 Å². The van der Waals surface area contributed by atoms with Crippen LogP contribution in [0.2, 0.25) is 0 Å². The van der Waals surface area contributed by atoms with Crippen LogP contribution in [0.1, 0.15) is 25.5 Å². The summed E-state index contributed by atoms with van der Waals surface area (Å²) >= 11 is 0. The number of aromatic nitrogens is 3. The molecule has 2 heterocycles. The lowest BCUT2D eigenvalue weighted by atomic mass is 9.95. The molecule has 3 aromatic rings. The molecule has 32 heavy (non-hydrogen) atoms. The van der Waals surface area contributed by atoms with Crippen LogP contribution < -0.4 is 14.8 Å². The van der Waals surface area contributed by atoms with Crippen LogP contribution >= 0.6 is 0 Å². The number of hydrogen-bond acceptors (Lipinski definition) is 7. The number of esters is 1. The summed E-state index contributed by atoms with van der Waals surface area (Å²) in [6, 6.07) is 10.7. The van der Waals surface area contributed by atoms with Gasteiger partial charge in [-0.2, -0.15) is 4.98 Å². The Labute approximate surface area is 184 Å². The summed E-state index contributed by atoms with van der Waals surface area (Å²) in [6.45, 7) is 3.78. The Bertz CT molecular complexity index is 1190. The monoisotopic (exact) mass is 438 g/mol. The van der Waals surface area contributed by atoms with Crippen LogP contribution in [0, 0.1) is 5.82 Å². The van der Waals surface area contributed by atoms with E-state index in [1.165, 1.54) is 12.1 Å². The molecule has 1 aliphatic rings. The fraction of sp³-hybridized carbons (Fsp3) is 0.261. The van der Waals surface area contributed by atoms with Crippen molar-refractivity contribution >= 4 is 11.9 Å². The Balaban J connectivity index is 1.87. The van der Waals surface area contributed by atoms with Gasteiger partial charge in [0.25, 0.3) is 0 Å². The lowest BCUT2D eigenvalue weighted by molar-refractivity contribution is -0.139. The van der Waals surface area contributed by atoms with Crippen LogP contribution in [-0.4, -0.2) is 41.6 Å². The van der Waals surface area contributed by atoms with Crippen LogP contribution in [0.25, 0.3) is 11.4 Å². The summed E-state index contributed by atoms with van der Waals surface area (Å²) in [5.41, 5.74) is 2.40. The normalized spacial score (nSPS) is 15.1. The Morgan fingerprint density at radius 2 is 1.84 bits per heavy atom. The highest BCUT2D eigenvalue weighted by Gasteiger charge is 2.35. The molecule has 166 valence electrons. The van der Waals surface area contributed by atoms with E-state index in [9.17, 15) is 9.18 Å². The average Bonchev–Trinajstić information content (AvgIpc) is 3.21. The van der Waals surface area contributed by atoms with E-state index >= 15 is 0 Å². The van der Waals surface area contributed by atoms with Gasteiger partial charge in [0.05, 0.1) is 26.4 Å². The number of benzene rings is 2. The van der Waals surface area contributed by atoms with E-state index in [1.54, 1.807) is 57.0 Å². The second-order valence-corrected chi connectivity index (χ2v) is 7.11. The standard InChI is InChI=1S/C23H23FN4O4/c1-5-32-22(29)19-13(2)25-23-26-21(14-6-9-16(24)10-7-14)27-28(23)20(19)15-8-11-17(30-3)18(12-15)31-4/h6-12,20H,5H2,1-4H3,(H,25,26,27). The summed E-state index contributed by atoms with van der Waals surface area (Å²) in [6.07, 6.45) is 0. The van der Waals surface area contributed by atoms with Gasteiger partial charge in [0.2, 0.25) is 5.95 Å². The van der Waals surface area contributed by atoms with Crippen LogP contribution in [0.3, 0.4) is 0 Å². The van der Waals surface area contributed by atoms with Crippen molar-refractivity contribution in [3.8, 4) is 22.9 Å². The Kier molecular flexibility index (Phi) is 5.81. The molecule has 1 unspecified atom stereocenters. The molecule has 1 aromatic heterocycles. The van der Waals surface area contributed by atoms with Gasteiger partial charge in [0.15, 0.2) is 17.3 Å². The summed E-state index contributed by atoms with van der Waals surface area (Å²) in [5.74, 6) is 1.13. The number of anilines is 1. The molecule has 0 saturated heterocycles. The number of carbonyl (C=O) groups is 1. The molecule has 4 rings (SSSR count). The van der Waals surface area contributed by atoms with Crippen molar-refractivity contribution in [3.05, 3.63) is 65.1 Å². The Hall–Kier alpha value is -3.88. The van der Waals surface area contributed by atoms with E-state index in [-0.39, 0.29) is 12.4 Å². The first-order valence-corrected chi connectivity index (χ1v) is 10.1. The first-order valence-electron chi connectivity index (χ1n) is 10.1. The summed E-state index contributed by atoms with van der Waals surface area (Å²) in [7, 11) is 3.10.